The third-order valence-corrected chi connectivity index (χ3v) is 5.10. The fourth-order valence-electron chi connectivity index (χ4n) is 3.57. The lowest BCUT2D eigenvalue weighted by molar-refractivity contribution is 0.267. The van der Waals surface area contributed by atoms with Crippen LogP contribution in [0, 0.1) is 0 Å². The Balaban J connectivity index is 1.48. The van der Waals surface area contributed by atoms with Gasteiger partial charge in [-0.05, 0) is 37.9 Å². The molecule has 1 saturated heterocycles. The van der Waals surface area contributed by atoms with Crippen LogP contribution < -0.4 is 11.1 Å². The highest BCUT2D eigenvalue weighted by atomic mass is 15.2. The molecule has 0 saturated carbocycles. The molecule has 1 aliphatic heterocycles. The monoisotopic (exact) mass is 354 g/mol. The second-order valence-corrected chi connectivity index (χ2v) is 6.78. The standard InChI is InChI=1S/C20H30N6/c1-2-25-12-6-9-18(25)15-23-20(21)24-16-19-22-11-14-26(19)13-10-17-7-4-3-5-8-17/h3-5,7-8,11,14,18H,2,6,9-10,12-13,15-16H2,1H3,(H3,21,23,24). The molecule has 2 heterocycles. The first-order chi connectivity index (χ1) is 12.8. The summed E-state index contributed by atoms with van der Waals surface area (Å²) in [6.07, 6.45) is 7.33. The Morgan fingerprint density at radius 1 is 1.35 bits per heavy atom. The molecule has 3 rings (SSSR count). The van der Waals surface area contributed by atoms with Crippen LogP contribution in [0.3, 0.4) is 0 Å². The van der Waals surface area contributed by atoms with Gasteiger partial charge in [0.25, 0.3) is 0 Å². The summed E-state index contributed by atoms with van der Waals surface area (Å²) < 4.78 is 2.15. The Morgan fingerprint density at radius 3 is 3.00 bits per heavy atom. The summed E-state index contributed by atoms with van der Waals surface area (Å²) in [5.74, 6) is 1.45. The molecule has 0 amide bonds. The van der Waals surface area contributed by atoms with Crippen LogP contribution in [0.2, 0.25) is 0 Å². The molecule has 0 bridgehead atoms. The Kier molecular flexibility index (Phi) is 6.66. The minimum atomic E-state index is 0.503. The number of nitrogens with zero attached hydrogens (tertiary/aromatic N) is 4. The number of aryl methyl sites for hydroxylation is 2. The van der Waals surface area contributed by atoms with E-state index in [1.165, 1.54) is 24.9 Å². The molecule has 6 nitrogen and oxygen atoms in total. The first-order valence-corrected chi connectivity index (χ1v) is 9.58. The van der Waals surface area contributed by atoms with Crippen LogP contribution >= 0.6 is 0 Å². The van der Waals surface area contributed by atoms with Crippen LogP contribution in [0.15, 0.2) is 47.7 Å². The maximum absolute atomic E-state index is 6.05. The van der Waals surface area contributed by atoms with E-state index < -0.39 is 0 Å². The fraction of sp³-hybridized carbons (Fsp3) is 0.500. The predicted octanol–water partition coefficient (Wildman–Crippen LogP) is 2.01. The number of benzene rings is 1. The summed E-state index contributed by atoms with van der Waals surface area (Å²) in [5, 5.41) is 3.28. The number of aliphatic imine (C=N–C) groups is 1. The van der Waals surface area contributed by atoms with E-state index in [0.717, 1.165) is 31.9 Å². The van der Waals surface area contributed by atoms with Gasteiger partial charge >= 0.3 is 0 Å². The van der Waals surface area contributed by atoms with Crippen LogP contribution in [0.4, 0.5) is 0 Å². The molecule has 0 aliphatic carbocycles. The van der Waals surface area contributed by atoms with Gasteiger partial charge in [-0.25, -0.2) is 9.98 Å². The van der Waals surface area contributed by atoms with E-state index in [-0.39, 0.29) is 0 Å². The van der Waals surface area contributed by atoms with Crippen LogP contribution in [0.5, 0.6) is 0 Å². The van der Waals surface area contributed by atoms with Crippen molar-refractivity contribution < 1.29 is 0 Å². The second kappa shape index (κ2) is 9.38. The normalized spacial score (nSPS) is 18.3. The number of hydrogen-bond acceptors (Lipinski definition) is 3. The highest BCUT2D eigenvalue weighted by molar-refractivity contribution is 5.77. The van der Waals surface area contributed by atoms with Crippen molar-refractivity contribution >= 4 is 5.96 Å². The lowest BCUT2D eigenvalue weighted by Crippen LogP contribution is -2.42. The third kappa shape index (κ3) is 5.08. The van der Waals surface area contributed by atoms with E-state index in [1.807, 2.05) is 18.5 Å². The van der Waals surface area contributed by atoms with Crippen molar-refractivity contribution in [2.24, 2.45) is 10.7 Å². The predicted molar refractivity (Wildman–Crippen MR) is 106 cm³/mol. The number of nitrogens with two attached hydrogens (primary N) is 1. The molecule has 1 unspecified atom stereocenters. The SMILES string of the molecule is CCN1CCCC1CNC(N)=NCc1nccn1CCc1ccccc1. The average molecular weight is 355 g/mol. The second-order valence-electron chi connectivity index (χ2n) is 6.78. The molecular weight excluding hydrogens is 324 g/mol. The van der Waals surface area contributed by atoms with Crippen molar-refractivity contribution in [3.05, 3.63) is 54.1 Å². The molecule has 1 atom stereocenters. The van der Waals surface area contributed by atoms with E-state index in [0.29, 0.717) is 18.5 Å². The number of aromatic nitrogens is 2. The molecule has 26 heavy (non-hydrogen) atoms. The van der Waals surface area contributed by atoms with Gasteiger partial charge < -0.3 is 15.6 Å². The number of likely N-dealkylation sites (tertiary alicyclic amines) is 1. The minimum absolute atomic E-state index is 0.503. The molecular formula is C20H30N6. The van der Waals surface area contributed by atoms with Gasteiger partial charge in [-0.2, -0.15) is 0 Å². The van der Waals surface area contributed by atoms with Crippen molar-refractivity contribution in [2.75, 3.05) is 19.6 Å². The Hall–Kier alpha value is -2.34. The van der Waals surface area contributed by atoms with E-state index in [9.17, 15) is 0 Å². The molecule has 0 radical (unpaired) electrons. The maximum atomic E-state index is 6.05. The van der Waals surface area contributed by atoms with Crippen molar-refractivity contribution in [2.45, 2.75) is 45.3 Å². The van der Waals surface area contributed by atoms with Crippen LogP contribution in [0.1, 0.15) is 31.2 Å². The smallest absolute Gasteiger partial charge is 0.189 e. The van der Waals surface area contributed by atoms with Crippen LogP contribution in [-0.4, -0.2) is 46.1 Å². The highest BCUT2D eigenvalue weighted by Crippen LogP contribution is 2.15. The fourth-order valence-corrected chi connectivity index (χ4v) is 3.57. The lowest BCUT2D eigenvalue weighted by Gasteiger charge is -2.23. The van der Waals surface area contributed by atoms with Crippen LogP contribution in [0.25, 0.3) is 0 Å². The third-order valence-electron chi connectivity index (χ3n) is 5.10. The number of guanidine groups is 1. The number of rotatable bonds is 8. The van der Waals surface area contributed by atoms with Gasteiger partial charge in [0.1, 0.15) is 12.4 Å². The van der Waals surface area contributed by atoms with E-state index in [2.05, 4.69) is 55.9 Å². The average Bonchev–Trinajstić information content (AvgIpc) is 3.32. The summed E-state index contributed by atoms with van der Waals surface area (Å²) in [7, 11) is 0. The number of likely N-dealkylation sites (N-methyl/N-ethyl adjacent to an activating group) is 1. The zero-order valence-electron chi connectivity index (χ0n) is 15.6. The van der Waals surface area contributed by atoms with Gasteiger partial charge in [0.2, 0.25) is 0 Å². The van der Waals surface area contributed by atoms with E-state index in [1.54, 1.807) is 0 Å². The van der Waals surface area contributed by atoms with Gasteiger partial charge in [-0.15, -0.1) is 0 Å². The first-order valence-electron chi connectivity index (χ1n) is 9.58. The Labute approximate surface area is 156 Å². The summed E-state index contributed by atoms with van der Waals surface area (Å²) in [6.45, 7) is 6.77. The largest absolute Gasteiger partial charge is 0.370 e. The topological polar surface area (TPSA) is 71.5 Å². The number of nitrogens with one attached hydrogen (secondary N) is 1. The number of imidazole rings is 1. The number of hydrogen-bond donors (Lipinski definition) is 2. The van der Waals surface area contributed by atoms with Crippen molar-refractivity contribution in [3.8, 4) is 0 Å². The van der Waals surface area contributed by atoms with Crippen LogP contribution in [-0.2, 0) is 19.5 Å². The zero-order valence-corrected chi connectivity index (χ0v) is 15.6. The zero-order chi connectivity index (χ0) is 18.2. The maximum Gasteiger partial charge on any atom is 0.189 e. The first kappa shape index (κ1) is 18.5. The highest BCUT2D eigenvalue weighted by Gasteiger charge is 2.22. The summed E-state index contributed by atoms with van der Waals surface area (Å²) in [4.78, 5) is 11.4. The van der Waals surface area contributed by atoms with E-state index >= 15 is 0 Å². The van der Waals surface area contributed by atoms with Crippen molar-refractivity contribution in [1.29, 1.82) is 0 Å². The molecule has 1 fully saturated rings. The van der Waals surface area contributed by atoms with Crippen molar-refractivity contribution in [1.82, 2.24) is 19.8 Å². The molecule has 140 valence electrons. The Morgan fingerprint density at radius 2 is 2.19 bits per heavy atom. The molecule has 0 spiro atoms. The molecule has 1 aromatic carbocycles. The van der Waals surface area contributed by atoms with Gasteiger partial charge in [0.05, 0.1) is 0 Å². The van der Waals surface area contributed by atoms with Gasteiger partial charge in [-0.3, -0.25) is 4.90 Å². The summed E-state index contributed by atoms with van der Waals surface area (Å²) in [5.41, 5.74) is 7.38. The van der Waals surface area contributed by atoms with Crippen molar-refractivity contribution in [3.63, 3.8) is 0 Å². The van der Waals surface area contributed by atoms with Gasteiger partial charge in [0.15, 0.2) is 5.96 Å². The quantitative estimate of drug-likeness (QED) is 0.562. The van der Waals surface area contributed by atoms with Gasteiger partial charge in [-0.1, -0.05) is 37.3 Å². The molecule has 6 heteroatoms. The molecule has 1 aliphatic rings. The van der Waals surface area contributed by atoms with E-state index in [4.69, 9.17) is 5.73 Å². The summed E-state index contributed by atoms with van der Waals surface area (Å²) >= 11 is 0. The molecule has 1 aromatic heterocycles. The Bertz CT molecular complexity index is 693. The van der Waals surface area contributed by atoms with Gasteiger partial charge in [0, 0.05) is 31.5 Å². The molecule has 3 N–H and O–H groups in total. The lowest BCUT2D eigenvalue weighted by atomic mass is 10.1. The summed E-state index contributed by atoms with van der Waals surface area (Å²) in [6, 6.07) is 11.1. The molecule has 2 aromatic rings. The minimum Gasteiger partial charge on any atom is -0.370 e.